The Morgan fingerprint density at radius 2 is 0.941 bits per heavy atom. The zero-order chi connectivity index (χ0) is 24.7. The van der Waals surface area contributed by atoms with Crippen LogP contribution < -0.4 is 28.4 Å². The van der Waals surface area contributed by atoms with Crippen LogP contribution in [-0.2, 0) is 0 Å². The monoisotopic (exact) mass is 467 g/mol. The van der Waals surface area contributed by atoms with Gasteiger partial charge in [0, 0.05) is 5.56 Å². The van der Waals surface area contributed by atoms with E-state index in [1.165, 1.54) is 0 Å². The van der Waals surface area contributed by atoms with Gasteiger partial charge in [0.2, 0.25) is 0 Å². The molecule has 0 aliphatic carbocycles. The summed E-state index contributed by atoms with van der Waals surface area (Å²) in [5, 5.41) is 13.9. The van der Waals surface area contributed by atoms with Crippen molar-refractivity contribution in [3.63, 3.8) is 0 Å². The minimum absolute atomic E-state index is 0.389. The minimum Gasteiger partial charge on any atom is -0.493 e. The van der Waals surface area contributed by atoms with Gasteiger partial charge in [-0.15, -0.1) is 0 Å². The molecule has 0 saturated carbocycles. The molecule has 0 radical (unpaired) electrons. The molecule has 0 spiro atoms. The first kappa shape index (κ1) is 24.6. The first-order valence-corrected chi connectivity index (χ1v) is 10.4. The minimum atomic E-state index is -0.497. The Balaban J connectivity index is 2.25. The van der Waals surface area contributed by atoms with Gasteiger partial charge in [0.1, 0.15) is 0 Å². The van der Waals surface area contributed by atoms with Crippen LogP contribution in [0.4, 0.5) is 0 Å². The number of methoxy groups -OCH3 is 6. The van der Waals surface area contributed by atoms with Crippen LogP contribution in [0.1, 0.15) is 22.6 Å². The summed E-state index contributed by atoms with van der Waals surface area (Å²) in [5.41, 5.74) is 2.66. The van der Waals surface area contributed by atoms with Crippen molar-refractivity contribution in [3.8, 4) is 34.5 Å². The number of nitrogens with zero attached hydrogens (tertiary/aromatic N) is 1. The smallest absolute Gasteiger partial charge is 0.161 e. The van der Waals surface area contributed by atoms with Crippen LogP contribution in [0.3, 0.4) is 0 Å². The van der Waals surface area contributed by atoms with E-state index in [4.69, 9.17) is 28.4 Å². The Kier molecular flexibility index (Phi) is 8.08. The number of hydrogen-bond acceptors (Lipinski definition) is 8. The topological polar surface area (TPSA) is 88.0 Å². The van der Waals surface area contributed by atoms with Crippen molar-refractivity contribution in [1.82, 2.24) is 0 Å². The van der Waals surface area contributed by atoms with Crippen LogP contribution in [0.15, 0.2) is 59.8 Å². The van der Waals surface area contributed by atoms with Crippen molar-refractivity contribution in [3.05, 3.63) is 71.3 Å². The van der Waals surface area contributed by atoms with E-state index in [0.29, 0.717) is 45.8 Å². The Morgan fingerprint density at radius 3 is 1.32 bits per heavy atom. The van der Waals surface area contributed by atoms with Crippen LogP contribution in [0.25, 0.3) is 0 Å². The van der Waals surface area contributed by atoms with Crippen molar-refractivity contribution >= 4 is 5.71 Å². The average molecular weight is 468 g/mol. The molecule has 0 unspecified atom stereocenters. The molecule has 0 saturated heterocycles. The van der Waals surface area contributed by atoms with E-state index < -0.39 is 5.92 Å². The zero-order valence-electron chi connectivity index (χ0n) is 20.1. The Hall–Kier alpha value is -4.07. The Labute approximate surface area is 199 Å². The van der Waals surface area contributed by atoms with Crippen LogP contribution in [0, 0.1) is 0 Å². The normalized spacial score (nSPS) is 11.2. The highest BCUT2D eigenvalue weighted by Gasteiger charge is 2.26. The molecule has 3 aromatic rings. The fourth-order valence-electron chi connectivity index (χ4n) is 3.85. The molecule has 0 amide bonds. The van der Waals surface area contributed by atoms with Gasteiger partial charge in [-0.3, -0.25) is 0 Å². The first-order valence-electron chi connectivity index (χ1n) is 10.4. The zero-order valence-corrected chi connectivity index (χ0v) is 20.1. The number of rotatable bonds is 10. The summed E-state index contributed by atoms with van der Waals surface area (Å²) >= 11 is 0. The van der Waals surface area contributed by atoms with E-state index in [-0.39, 0.29) is 0 Å². The predicted molar refractivity (Wildman–Crippen MR) is 129 cm³/mol. The molecule has 0 fully saturated rings. The van der Waals surface area contributed by atoms with E-state index in [1.807, 2.05) is 42.5 Å². The molecule has 0 heterocycles. The number of benzene rings is 3. The lowest BCUT2D eigenvalue weighted by Gasteiger charge is -2.22. The quantitative estimate of drug-likeness (QED) is 0.262. The molecule has 0 aliphatic heterocycles. The van der Waals surface area contributed by atoms with Gasteiger partial charge >= 0.3 is 0 Å². The number of oxime groups is 1. The molecule has 0 aromatic heterocycles. The summed E-state index contributed by atoms with van der Waals surface area (Å²) in [6.07, 6.45) is 0. The van der Waals surface area contributed by atoms with Crippen molar-refractivity contribution in [2.24, 2.45) is 5.16 Å². The van der Waals surface area contributed by atoms with Crippen LogP contribution in [0.5, 0.6) is 34.5 Å². The maximum Gasteiger partial charge on any atom is 0.161 e. The highest BCUT2D eigenvalue weighted by molar-refractivity contribution is 6.07. The Morgan fingerprint density at radius 1 is 0.559 bits per heavy atom. The molecule has 1 N–H and O–H groups in total. The fourth-order valence-corrected chi connectivity index (χ4v) is 3.85. The maximum atomic E-state index is 10.2. The lowest BCUT2D eigenvalue weighted by Crippen LogP contribution is -2.17. The largest absolute Gasteiger partial charge is 0.493 e. The summed E-state index contributed by atoms with van der Waals surface area (Å²) in [7, 11) is 9.41. The summed E-state index contributed by atoms with van der Waals surface area (Å²) < 4.78 is 32.7. The predicted octanol–water partition coefficient (Wildman–Crippen LogP) is 4.75. The molecule has 34 heavy (non-hydrogen) atoms. The highest BCUT2D eigenvalue weighted by atomic mass is 16.5. The molecule has 0 aliphatic rings. The van der Waals surface area contributed by atoms with Gasteiger partial charge in [-0.1, -0.05) is 17.3 Å². The fraction of sp³-hybridized carbons (Fsp3) is 0.269. The lowest BCUT2D eigenvalue weighted by molar-refractivity contribution is 0.317. The van der Waals surface area contributed by atoms with Gasteiger partial charge in [-0.05, 0) is 53.6 Å². The summed E-state index contributed by atoms with van der Waals surface area (Å²) in [5.74, 6) is 2.86. The maximum absolute atomic E-state index is 10.2. The second-order valence-corrected chi connectivity index (χ2v) is 7.22. The van der Waals surface area contributed by atoms with Crippen molar-refractivity contribution in [1.29, 1.82) is 0 Å². The van der Waals surface area contributed by atoms with Crippen molar-refractivity contribution < 1.29 is 33.6 Å². The van der Waals surface area contributed by atoms with Crippen LogP contribution in [-0.4, -0.2) is 53.6 Å². The molecule has 8 heteroatoms. The van der Waals surface area contributed by atoms with E-state index in [9.17, 15) is 5.21 Å². The average Bonchev–Trinajstić information content (AvgIpc) is 2.90. The third-order valence-corrected chi connectivity index (χ3v) is 5.54. The lowest BCUT2D eigenvalue weighted by atomic mass is 9.83. The molecule has 180 valence electrons. The molecule has 3 aromatic carbocycles. The van der Waals surface area contributed by atoms with E-state index in [0.717, 1.165) is 11.1 Å². The molecular formula is C26H29NO7. The molecule has 0 atom stereocenters. The molecule has 0 bridgehead atoms. The van der Waals surface area contributed by atoms with Crippen molar-refractivity contribution in [2.75, 3.05) is 42.7 Å². The van der Waals surface area contributed by atoms with Gasteiger partial charge in [-0.25, -0.2) is 0 Å². The summed E-state index contributed by atoms with van der Waals surface area (Å²) in [6.45, 7) is 0. The second kappa shape index (κ2) is 11.2. The third-order valence-electron chi connectivity index (χ3n) is 5.54. The summed E-state index contributed by atoms with van der Waals surface area (Å²) in [6, 6.07) is 16.5. The SMILES string of the molecule is COc1ccc(/C(=N/O)C(c2ccc(OC)c(OC)c2)c2ccc(OC)c(OC)c2)cc1OC. The molecule has 3 rings (SSSR count). The van der Waals surface area contributed by atoms with Crippen LogP contribution in [0.2, 0.25) is 0 Å². The van der Waals surface area contributed by atoms with Gasteiger partial charge in [0.15, 0.2) is 34.5 Å². The van der Waals surface area contributed by atoms with Gasteiger partial charge in [-0.2, -0.15) is 0 Å². The van der Waals surface area contributed by atoms with Gasteiger partial charge in [0.05, 0.1) is 54.3 Å². The molecule has 8 nitrogen and oxygen atoms in total. The van der Waals surface area contributed by atoms with E-state index >= 15 is 0 Å². The van der Waals surface area contributed by atoms with Crippen molar-refractivity contribution in [2.45, 2.75) is 5.92 Å². The van der Waals surface area contributed by atoms with E-state index in [1.54, 1.807) is 54.8 Å². The highest BCUT2D eigenvalue weighted by Crippen LogP contribution is 2.39. The third kappa shape index (κ3) is 4.80. The van der Waals surface area contributed by atoms with E-state index in [2.05, 4.69) is 5.16 Å². The Bertz CT molecular complexity index is 1100. The summed E-state index contributed by atoms with van der Waals surface area (Å²) in [4.78, 5) is 0. The van der Waals surface area contributed by atoms with Gasteiger partial charge < -0.3 is 33.6 Å². The second-order valence-electron chi connectivity index (χ2n) is 7.22. The van der Waals surface area contributed by atoms with Crippen LogP contribution >= 0.6 is 0 Å². The molecular weight excluding hydrogens is 438 g/mol. The standard InChI is InChI=1S/C26H29NO7/c1-29-19-10-7-16(13-22(19)32-4)25(17-8-11-20(30-2)23(14-17)33-5)26(27-28)18-9-12-21(31-3)24(15-18)34-6/h7-15,25,28H,1-6H3/b27-26-. The van der Waals surface area contributed by atoms with Gasteiger partial charge in [0.25, 0.3) is 0 Å². The first-order chi connectivity index (χ1) is 16.5. The number of hydrogen-bond donors (Lipinski definition) is 1. The number of ether oxygens (including phenoxy) is 6.